The second-order valence-electron chi connectivity index (χ2n) is 8.27. The largest absolute Gasteiger partial charge is 0.341 e. The molecule has 0 radical (unpaired) electrons. The fraction of sp³-hybridized carbons (Fsp3) is 0.360. The Bertz CT molecular complexity index is 1010. The Hall–Kier alpha value is -2.79. The van der Waals surface area contributed by atoms with Crippen LogP contribution < -0.4 is 0 Å². The van der Waals surface area contributed by atoms with Gasteiger partial charge in [-0.05, 0) is 68.1 Å². The van der Waals surface area contributed by atoms with Gasteiger partial charge in [0.2, 0.25) is 0 Å². The van der Waals surface area contributed by atoms with Gasteiger partial charge in [-0.25, -0.2) is 4.39 Å². The molecule has 30 heavy (non-hydrogen) atoms. The van der Waals surface area contributed by atoms with E-state index in [4.69, 9.17) is 0 Å². The van der Waals surface area contributed by atoms with Crippen LogP contribution in [0.5, 0.6) is 0 Å². The van der Waals surface area contributed by atoms with E-state index in [9.17, 15) is 9.18 Å². The van der Waals surface area contributed by atoms with Crippen LogP contribution in [-0.2, 0) is 6.42 Å². The maximum atomic E-state index is 13.3. The maximum Gasteiger partial charge on any atom is 0.255 e. The molecule has 0 aliphatic carbocycles. The van der Waals surface area contributed by atoms with Crippen molar-refractivity contribution in [2.45, 2.75) is 19.3 Å². The molecule has 4 nitrogen and oxygen atoms in total. The molecule has 0 unspecified atom stereocenters. The number of carbonyl (C=O) groups excluding carboxylic acids is 1. The number of hydrogen-bond acceptors (Lipinski definition) is 3. The molecule has 3 aromatic rings. The molecule has 0 spiro atoms. The molecule has 0 N–H and O–H groups in total. The topological polar surface area (TPSA) is 36.4 Å². The fourth-order valence-electron chi connectivity index (χ4n) is 4.25. The summed E-state index contributed by atoms with van der Waals surface area (Å²) in [6.45, 7) is 3.77. The molecule has 0 bridgehead atoms. The number of pyridine rings is 1. The molecule has 1 saturated heterocycles. The molecule has 4 rings (SSSR count). The zero-order valence-corrected chi connectivity index (χ0v) is 17.4. The SMILES string of the molecule is CN(CC1CCN(CCc2cccc(F)c2)CC1)C(=O)c1cnc2ccccc2c1. The number of hydrogen-bond donors (Lipinski definition) is 0. The highest BCUT2D eigenvalue weighted by Crippen LogP contribution is 2.20. The summed E-state index contributed by atoms with van der Waals surface area (Å²) in [6.07, 6.45) is 4.71. The molecule has 1 aliphatic rings. The van der Waals surface area contributed by atoms with Crippen LogP contribution in [0.3, 0.4) is 0 Å². The van der Waals surface area contributed by atoms with Gasteiger partial charge in [0.25, 0.3) is 5.91 Å². The van der Waals surface area contributed by atoms with E-state index in [2.05, 4.69) is 9.88 Å². The first kappa shape index (κ1) is 20.5. The first-order chi connectivity index (χ1) is 14.6. The molecule has 5 heteroatoms. The standard InChI is InChI=1S/C25H28FN3O/c1-28(25(30)22-16-21-6-2-3-8-24(21)27-17-22)18-20-10-13-29(14-11-20)12-9-19-5-4-7-23(26)15-19/h2-8,15-17,20H,9-14,18H2,1H3. The van der Waals surface area contributed by atoms with Gasteiger partial charge in [0.05, 0.1) is 11.1 Å². The second kappa shape index (κ2) is 9.35. The Morgan fingerprint density at radius 2 is 1.93 bits per heavy atom. The van der Waals surface area contributed by atoms with Crippen LogP contribution in [0.2, 0.25) is 0 Å². The number of piperidine rings is 1. The molecular weight excluding hydrogens is 377 g/mol. The first-order valence-electron chi connectivity index (χ1n) is 10.7. The minimum atomic E-state index is -0.166. The molecule has 1 aromatic heterocycles. The summed E-state index contributed by atoms with van der Waals surface area (Å²) >= 11 is 0. The molecule has 2 aromatic carbocycles. The minimum Gasteiger partial charge on any atom is -0.341 e. The quantitative estimate of drug-likeness (QED) is 0.610. The molecule has 1 aliphatic heterocycles. The number of likely N-dealkylation sites (tertiary alicyclic amines) is 1. The lowest BCUT2D eigenvalue weighted by Gasteiger charge is -2.34. The number of para-hydroxylation sites is 1. The molecule has 0 saturated carbocycles. The van der Waals surface area contributed by atoms with Crippen LogP contribution in [0.25, 0.3) is 10.9 Å². The molecule has 156 valence electrons. The van der Waals surface area contributed by atoms with E-state index in [-0.39, 0.29) is 11.7 Å². The van der Waals surface area contributed by atoms with Gasteiger partial charge < -0.3 is 9.80 Å². The Kier molecular flexibility index (Phi) is 6.38. The summed E-state index contributed by atoms with van der Waals surface area (Å²) in [7, 11) is 1.88. The van der Waals surface area contributed by atoms with Gasteiger partial charge in [0.15, 0.2) is 0 Å². The Morgan fingerprint density at radius 1 is 1.13 bits per heavy atom. The summed E-state index contributed by atoms with van der Waals surface area (Å²) in [5.74, 6) is 0.375. The number of aromatic nitrogens is 1. The van der Waals surface area contributed by atoms with Crippen molar-refractivity contribution in [3.63, 3.8) is 0 Å². The Labute approximate surface area is 177 Å². The van der Waals surface area contributed by atoms with E-state index in [1.54, 1.807) is 18.3 Å². The number of rotatable bonds is 6. The second-order valence-corrected chi connectivity index (χ2v) is 8.27. The number of benzene rings is 2. The van der Waals surface area contributed by atoms with Crippen molar-refractivity contribution in [3.8, 4) is 0 Å². The lowest BCUT2D eigenvalue weighted by Crippen LogP contribution is -2.40. The maximum absolute atomic E-state index is 13.3. The van der Waals surface area contributed by atoms with E-state index in [0.717, 1.165) is 61.9 Å². The summed E-state index contributed by atoms with van der Waals surface area (Å²) < 4.78 is 13.3. The first-order valence-corrected chi connectivity index (χ1v) is 10.7. The zero-order chi connectivity index (χ0) is 20.9. The minimum absolute atomic E-state index is 0.0294. The van der Waals surface area contributed by atoms with Gasteiger partial charge in [-0.2, -0.15) is 0 Å². The predicted molar refractivity (Wildman–Crippen MR) is 118 cm³/mol. The Morgan fingerprint density at radius 3 is 2.73 bits per heavy atom. The third kappa shape index (κ3) is 5.03. The van der Waals surface area contributed by atoms with Crippen LogP contribution in [0, 0.1) is 11.7 Å². The number of nitrogens with zero attached hydrogens (tertiary/aromatic N) is 3. The van der Waals surface area contributed by atoms with Crippen molar-refractivity contribution in [2.75, 3.05) is 33.2 Å². The average Bonchev–Trinajstić information content (AvgIpc) is 2.78. The lowest BCUT2D eigenvalue weighted by molar-refractivity contribution is 0.0740. The monoisotopic (exact) mass is 405 g/mol. The van der Waals surface area contributed by atoms with Crippen LogP contribution in [0.15, 0.2) is 60.8 Å². The third-order valence-electron chi connectivity index (χ3n) is 6.03. The third-order valence-corrected chi connectivity index (χ3v) is 6.03. The highest BCUT2D eigenvalue weighted by atomic mass is 19.1. The Balaban J connectivity index is 1.26. The molecule has 2 heterocycles. The van der Waals surface area contributed by atoms with Gasteiger partial charge in [0, 0.05) is 31.7 Å². The summed E-state index contributed by atoms with van der Waals surface area (Å²) in [6, 6.07) is 16.6. The van der Waals surface area contributed by atoms with Gasteiger partial charge in [-0.1, -0.05) is 30.3 Å². The normalized spacial score (nSPS) is 15.4. The average molecular weight is 406 g/mol. The van der Waals surface area contributed by atoms with E-state index < -0.39 is 0 Å². The van der Waals surface area contributed by atoms with Gasteiger partial charge >= 0.3 is 0 Å². The molecular formula is C25H28FN3O. The number of fused-ring (bicyclic) bond motifs is 1. The number of halogens is 1. The summed E-state index contributed by atoms with van der Waals surface area (Å²) in [5.41, 5.74) is 2.59. The summed E-state index contributed by atoms with van der Waals surface area (Å²) in [4.78, 5) is 21.5. The lowest BCUT2D eigenvalue weighted by atomic mass is 9.95. The van der Waals surface area contributed by atoms with E-state index >= 15 is 0 Å². The van der Waals surface area contributed by atoms with Gasteiger partial charge in [0.1, 0.15) is 5.82 Å². The van der Waals surface area contributed by atoms with Crippen LogP contribution >= 0.6 is 0 Å². The van der Waals surface area contributed by atoms with Crippen LogP contribution in [0.1, 0.15) is 28.8 Å². The van der Waals surface area contributed by atoms with Crippen LogP contribution in [-0.4, -0.2) is 53.9 Å². The number of amides is 1. The van der Waals surface area contributed by atoms with Crippen molar-refractivity contribution in [2.24, 2.45) is 5.92 Å². The van der Waals surface area contributed by atoms with Crippen molar-refractivity contribution in [1.29, 1.82) is 0 Å². The fourth-order valence-corrected chi connectivity index (χ4v) is 4.25. The van der Waals surface area contributed by atoms with Gasteiger partial charge in [-0.15, -0.1) is 0 Å². The van der Waals surface area contributed by atoms with Crippen LogP contribution in [0.4, 0.5) is 4.39 Å². The number of carbonyl (C=O) groups is 1. The molecule has 0 atom stereocenters. The van der Waals surface area contributed by atoms with Crippen molar-refractivity contribution < 1.29 is 9.18 Å². The highest BCUT2D eigenvalue weighted by Gasteiger charge is 2.22. The van der Waals surface area contributed by atoms with Crippen molar-refractivity contribution in [3.05, 3.63) is 77.7 Å². The predicted octanol–water partition coefficient (Wildman–Crippen LogP) is 4.40. The van der Waals surface area contributed by atoms with Crippen molar-refractivity contribution in [1.82, 2.24) is 14.8 Å². The molecule has 1 fully saturated rings. The van der Waals surface area contributed by atoms with E-state index in [1.165, 1.54) is 6.07 Å². The van der Waals surface area contributed by atoms with E-state index in [1.807, 2.05) is 48.3 Å². The molecule has 1 amide bonds. The summed E-state index contributed by atoms with van der Waals surface area (Å²) in [5, 5.41) is 0.989. The van der Waals surface area contributed by atoms with Crippen molar-refractivity contribution >= 4 is 16.8 Å². The highest BCUT2D eigenvalue weighted by molar-refractivity contribution is 5.97. The van der Waals surface area contributed by atoms with Gasteiger partial charge in [-0.3, -0.25) is 9.78 Å². The zero-order valence-electron chi connectivity index (χ0n) is 17.4. The van der Waals surface area contributed by atoms with E-state index in [0.29, 0.717) is 11.5 Å². The smallest absolute Gasteiger partial charge is 0.255 e.